The van der Waals surface area contributed by atoms with E-state index in [1.54, 1.807) is 0 Å². The predicted molar refractivity (Wildman–Crippen MR) is 79.2 cm³/mol. The second-order valence-electron chi connectivity index (χ2n) is 4.77. The average Bonchev–Trinajstić information content (AvgIpc) is 2.49. The molecule has 20 heavy (non-hydrogen) atoms. The molecule has 5 heteroatoms. The zero-order valence-electron chi connectivity index (χ0n) is 11.3. The van der Waals surface area contributed by atoms with E-state index in [0.29, 0.717) is 13.0 Å². The Morgan fingerprint density at radius 3 is 2.80 bits per heavy atom. The summed E-state index contributed by atoms with van der Waals surface area (Å²) in [4.78, 5) is 9.26. The Hall–Kier alpha value is -1.65. The topological polar surface area (TPSA) is 47.0 Å². The first-order valence-corrected chi connectivity index (χ1v) is 7.02. The molecule has 0 spiro atoms. The van der Waals surface area contributed by atoms with Crippen LogP contribution in [0.3, 0.4) is 0 Å². The summed E-state index contributed by atoms with van der Waals surface area (Å²) in [6.45, 7) is 1.32. The lowest BCUT2D eigenvalue weighted by Crippen LogP contribution is -2.17. The number of rotatable bonds is 3. The van der Waals surface area contributed by atoms with Gasteiger partial charge in [0.2, 0.25) is 0 Å². The molecule has 104 valence electrons. The highest BCUT2D eigenvalue weighted by Crippen LogP contribution is 2.23. The fourth-order valence-corrected chi connectivity index (χ4v) is 2.48. The molecule has 1 aromatic carbocycles. The van der Waals surface area contributed by atoms with E-state index in [0.717, 1.165) is 46.5 Å². The number of hydrogen-bond donors (Lipinski definition) is 1. The largest absolute Gasteiger partial charge is 0.376 e. The number of hydrogen-bond acceptors (Lipinski definition) is 4. The molecule has 0 bridgehead atoms. The van der Waals surface area contributed by atoms with Crippen molar-refractivity contribution in [2.45, 2.75) is 19.4 Å². The van der Waals surface area contributed by atoms with Crippen molar-refractivity contribution in [1.82, 2.24) is 9.97 Å². The maximum Gasteiger partial charge on any atom is 0.135 e. The number of anilines is 1. The molecule has 0 fully saturated rings. The van der Waals surface area contributed by atoms with Gasteiger partial charge in [-0.1, -0.05) is 23.7 Å². The van der Waals surface area contributed by atoms with Gasteiger partial charge in [-0.25, -0.2) is 9.97 Å². The van der Waals surface area contributed by atoms with Crippen molar-refractivity contribution in [3.05, 3.63) is 51.9 Å². The van der Waals surface area contributed by atoms with Crippen molar-refractivity contribution in [2.24, 2.45) is 0 Å². The van der Waals surface area contributed by atoms with Gasteiger partial charge in [0.25, 0.3) is 0 Å². The van der Waals surface area contributed by atoms with Crippen molar-refractivity contribution >= 4 is 17.4 Å². The third-order valence-corrected chi connectivity index (χ3v) is 3.63. The van der Waals surface area contributed by atoms with Crippen molar-refractivity contribution in [3.63, 3.8) is 0 Å². The van der Waals surface area contributed by atoms with E-state index in [4.69, 9.17) is 16.3 Å². The van der Waals surface area contributed by atoms with Crippen LogP contribution in [0.5, 0.6) is 0 Å². The molecule has 0 saturated carbocycles. The number of aromatic nitrogens is 2. The van der Waals surface area contributed by atoms with Crippen LogP contribution in [0.1, 0.15) is 22.6 Å². The highest BCUT2D eigenvalue weighted by Gasteiger charge is 2.17. The summed E-state index contributed by atoms with van der Waals surface area (Å²) in [7, 11) is 1.88. The zero-order chi connectivity index (χ0) is 13.9. The summed E-state index contributed by atoms with van der Waals surface area (Å²) in [5.74, 6) is 1.70. The molecule has 0 saturated heterocycles. The molecule has 2 heterocycles. The summed E-state index contributed by atoms with van der Waals surface area (Å²) in [5, 5.41) is 3.88. The summed E-state index contributed by atoms with van der Waals surface area (Å²) < 4.78 is 5.48. The van der Waals surface area contributed by atoms with Gasteiger partial charge in [-0.05, 0) is 17.7 Å². The molecule has 4 nitrogen and oxygen atoms in total. The molecular weight excluding hydrogens is 274 g/mol. The van der Waals surface area contributed by atoms with E-state index in [9.17, 15) is 0 Å². The molecule has 0 radical (unpaired) electrons. The lowest BCUT2D eigenvalue weighted by molar-refractivity contribution is 0.109. The zero-order valence-corrected chi connectivity index (χ0v) is 12.1. The van der Waals surface area contributed by atoms with Gasteiger partial charge in [0.05, 0.1) is 18.9 Å². The molecule has 1 aliphatic rings. The molecule has 0 unspecified atom stereocenters. The van der Waals surface area contributed by atoms with Crippen LogP contribution in [-0.2, 0) is 24.2 Å². The first-order chi connectivity index (χ1) is 9.76. The van der Waals surface area contributed by atoms with E-state index in [2.05, 4.69) is 15.3 Å². The van der Waals surface area contributed by atoms with Crippen LogP contribution in [0.15, 0.2) is 24.3 Å². The van der Waals surface area contributed by atoms with Gasteiger partial charge in [-0.15, -0.1) is 0 Å². The Bertz CT molecular complexity index is 596. The minimum atomic E-state index is 0.590. The summed E-state index contributed by atoms with van der Waals surface area (Å²) in [6, 6.07) is 7.80. The maximum absolute atomic E-state index is 5.90. The summed E-state index contributed by atoms with van der Waals surface area (Å²) in [6.07, 6.45) is 1.56. The van der Waals surface area contributed by atoms with Crippen LogP contribution in [-0.4, -0.2) is 23.6 Å². The highest BCUT2D eigenvalue weighted by molar-refractivity contribution is 6.30. The smallest absolute Gasteiger partial charge is 0.135 e. The van der Waals surface area contributed by atoms with Gasteiger partial charge in [0.1, 0.15) is 11.6 Å². The summed E-state index contributed by atoms with van der Waals surface area (Å²) in [5.41, 5.74) is 3.33. The first kappa shape index (κ1) is 13.3. The Balaban J connectivity index is 1.91. The van der Waals surface area contributed by atoms with Gasteiger partial charge in [-0.3, -0.25) is 0 Å². The van der Waals surface area contributed by atoms with Gasteiger partial charge in [0.15, 0.2) is 0 Å². The number of fused-ring (bicyclic) bond motifs is 1. The fourth-order valence-electron chi connectivity index (χ4n) is 2.35. The Morgan fingerprint density at radius 2 is 2.05 bits per heavy atom. The monoisotopic (exact) mass is 289 g/mol. The van der Waals surface area contributed by atoms with Crippen molar-refractivity contribution in [3.8, 4) is 0 Å². The molecule has 0 aliphatic carbocycles. The molecular formula is C15H16ClN3O. The second-order valence-corrected chi connectivity index (χ2v) is 5.21. The molecule has 1 N–H and O–H groups in total. The first-order valence-electron chi connectivity index (χ1n) is 6.65. The Morgan fingerprint density at radius 1 is 1.25 bits per heavy atom. The van der Waals surface area contributed by atoms with Crippen LogP contribution in [0.25, 0.3) is 0 Å². The van der Waals surface area contributed by atoms with Gasteiger partial charge in [-0.2, -0.15) is 0 Å². The molecule has 3 rings (SSSR count). The van der Waals surface area contributed by atoms with Crippen LogP contribution in [0.2, 0.25) is 5.02 Å². The molecule has 2 aromatic rings. The van der Waals surface area contributed by atoms with Gasteiger partial charge in [0, 0.05) is 30.5 Å². The number of nitrogens with zero attached hydrogens (tertiary/aromatic N) is 2. The number of nitrogens with one attached hydrogen (secondary N) is 1. The normalized spacial score (nSPS) is 13.9. The molecule has 1 aliphatic heterocycles. The minimum Gasteiger partial charge on any atom is -0.376 e. The van der Waals surface area contributed by atoms with E-state index in [1.807, 2.05) is 31.3 Å². The SMILES string of the molecule is CNc1nc(Cc2ccc(Cl)cc2)nc2c1COCC2. The van der Waals surface area contributed by atoms with Crippen LogP contribution >= 0.6 is 11.6 Å². The second kappa shape index (κ2) is 5.77. The molecule has 0 amide bonds. The molecule has 0 atom stereocenters. The predicted octanol–water partition coefficient (Wildman–Crippen LogP) is 2.84. The fraction of sp³-hybridized carbons (Fsp3) is 0.333. The highest BCUT2D eigenvalue weighted by atomic mass is 35.5. The lowest BCUT2D eigenvalue weighted by Gasteiger charge is -2.19. The third kappa shape index (κ3) is 2.76. The van der Waals surface area contributed by atoms with E-state index in [-0.39, 0.29) is 0 Å². The van der Waals surface area contributed by atoms with E-state index < -0.39 is 0 Å². The van der Waals surface area contributed by atoms with Crippen molar-refractivity contribution in [2.75, 3.05) is 19.0 Å². The number of ether oxygens (including phenoxy) is 1. The van der Waals surface area contributed by atoms with Crippen LogP contribution in [0, 0.1) is 0 Å². The summed E-state index contributed by atoms with van der Waals surface area (Å²) >= 11 is 5.90. The van der Waals surface area contributed by atoms with Crippen molar-refractivity contribution in [1.29, 1.82) is 0 Å². The average molecular weight is 290 g/mol. The van der Waals surface area contributed by atoms with E-state index in [1.165, 1.54) is 0 Å². The number of halogens is 1. The maximum atomic E-state index is 5.90. The van der Waals surface area contributed by atoms with E-state index >= 15 is 0 Å². The van der Waals surface area contributed by atoms with Crippen molar-refractivity contribution < 1.29 is 4.74 Å². The third-order valence-electron chi connectivity index (χ3n) is 3.38. The Labute approximate surface area is 123 Å². The van der Waals surface area contributed by atoms with Crippen LogP contribution < -0.4 is 5.32 Å². The number of benzene rings is 1. The van der Waals surface area contributed by atoms with Gasteiger partial charge < -0.3 is 10.1 Å². The van der Waals surface area contributed by atoms with Crippen LogP contribution in [0.4, 0.5) is 5.82 Å². The quantitative estimate of drug-likeness (QED) is 0.944. The molecule has 1 aromatic heterocycles. The lowest BCUT2D eigenvalue weighted by atomic mass is 10.1. The van der Waals surface area contributed by atoms with Gasteiger partial charge >= 0.3 is 0 Å². The Kier molecular flexibility index (Phi) is 3.85. The standard InChI is InChI=1S/C15H16ClN3O/c1-17-15-12-9-20-7-6-13(12)18-14(19-15)8-10-2-4-11(16)5-3-10/h2-5H,6-9H2,1H3,(H,17,18,19). The minimum absolute atomic E-state index is 0.590.